The number of methoxy groups -OCH3 is 2. The molecule has 0 saturated carbocycles. The number of hydrogen-bond donors (Lipinski definition) is 2. The number of carbonyl (C=O) groups is 1. The van der Waals surface area contributed by atoms with Gasteiger partial charge in [-0.05, 0) is 35.9 Å². The Morgan fingerprint density at radius 1 is 1.00 bits per heavy atom. The summed E-state index contributed by atoms with van der Waals surface area (Å²) in [6.07, 6.45) is 6.66. The zero-order chi connectivity index (χ0) is 19.1. The minimum Gasteiger partial charge on any atom is -0.497 e. The quantitative estimate of drug-likeness (QED) is 0.669. The minimum absolute atomic E-state index is 0.279. The summed E-state index contributed by atoms with van der Waals surface area (Å²) in [5.41, 5.74) is 2.83. The third kappa shape index (κ3) is 4.72. The van der Waals surface area contributed by atoms with Crippen LogP contribution >= 0.6 is 0 Å². The predicted octanol–water partition coefficient (Wildman–Crippen LogP) is 3.36. The molecule has 0 aliphatic carbocycles. The molecule has 7 nitrogen and oxygen atoms in total. The van der Waals surface area contributed by atoms with E-state index in [0.29, 0.717) is 29.3 Å². The first-order valence-electron chi connectivity index (χ1n) is 8.31. The lowest BCUT2D eigenvalue weighted by atomic mass is 10.2. The molecule has 2 heterocycles. The highest BCUT2D eigenvalue weighted by Gasteiger charge is 2.12. The average Bonchev–Trinajstić information content (AvgIpc) is 2.73. The molecule has 2 aromatic heterocycles. The molecule has 1 amide bonds. The number of pyridine rings is 2. The Kier molecular flexibility index (Phi) is 5.84. The molecule has 0 fully saturated rings. The summed E-state index contributed by atoms with van der Waals surface area (Å²) in [7, 11) is 3.11. The van der Waals surface area contributed by atoms with Crippen molar-refractivity contribution in [2.24, 2.45) is 0 Å². The zero-order valence-electron chi connectivity index (χ0n) is 15.1. The monoisotopic (exact) mass is 364 g/mol. The number of aromatic nitrogens is 2. The van der Waals surface area contributed by atoms with E-state index in [1.54, 1.807) is 50.0 Å². The van der Waals surface area contributed by atoms with Crippen LogP contribution in [0.3, 0.4) is 0 Å². The number of benzene rings is 1. The third-order valence-electron chi connectivity index (χ3n) is 3.90. The van der Waals surface area contributed by atoms with Crippen LogP contribution in [0.25, 0.3) is 0 Å². The molecular formula is C20H20N4O3. The van der Waals surface area contributed by atoms with Crippen LogP contribution in [-0.4, -0.2) is 30.1 Å². The minimum atomic E-state index is -0.279. The Balaban J connectivity index is 1.70. The van der Waals surface area contributed by atoms with Gasteiger partial charge in [0.15, 0.2) is 0 Å². The molecule has 2 N–H and O–H groups in total. The van der Waals surface area contributed by atoms with E-state index < -0.39 is 0 Å². The largest absolute Gasteiger partial charge is 0.497 e. The van der Waals surface area contributed by atoms with Crippen LogP contribution in [-0.2, 0) is 6.54 Å². The number of ether oxygens (including phenoxy) is 2. The highest BCUT2D eigenvalue weighted by atomic mass is 16.5. The first kappa shape index (κ1) is 18.2. The zero-order valence-corrected chi connectivity index (χ0v) is 15.1. The van der Waals surface area contributed by atoms with Crippen molar-refractivity contribution in [3.63, 3.8) is 0 Å². The second-order valence-electron chi connectivity index (χ2n) is 5.69. The number of nitrogens with one attached hydrogen (secondary N) is 2. The number of hydrogen-bond acceptors (Lipinski definition) is 6. The fourth-order valence-electron chi connectivity index (χ4n) is 2.46. The summed E-state index contributed by atoms with van der Waals surface area (Å²) in [4.78, 5) is 20.7. The van der Waals surface area contributed by atoms with E-state index in [1.165, 1.54) is 13.3 Å². The van der Waals surface area contributed by atoms with Gasteiger partial charge in [0.05, 0.1) is 31.2 Å². The number of rotatable bonds is 7. The van der Waals surface area contributed by atoms with E-state index in [0.717, 1.165) is 11.3 Å². The molecule has 0 aliphatic heterocycles. The highest BCUT2D eigenvalue weighted by Crippen LogP contribution is 2.29. The van der Waals surface area contributed by atoms with Gasteiger partial charge in [-0.2, -0.15) is 0 Å². The first-order chi connectivity index (χ1) is 13.2. The maximum Gasteiger partial charge on any atom is 0.257 e. The van der Waals surface area contributed by atoms with Gasteiger partial charge in [-0.15, -0.1) is 0 Å². The molecule has 138 valence electrons. The SMILES string of the molecule is COc1ccc(NC(=O)c2cncc(NCc3ccncc3)c2)c(OC)c1. The second kappa shape index (κ2) is 8.66. The molecule has 0 bridgehead atoms. The molecule has 3 aromatic rings. The van der Waals surface area contributed by atoms with Crippen molar-refractivity contribution in [1.82, 2.24) is 9.97 Å². The Morgan fingerprint density at radius 3 is 2.56 bits per heavy atom. The molecular weight excluding hydrogens is 344 g/mol. The van der Waals surface area contributed by atoms with Gasteiger partial charge >= 0.3 is 0 Å². The van der Waals surface area contributed by atoms with E-state index in [1.807, 2.05) is 12.1 Å². The molecule has 0 spiro atoms. The molecule has 0 aliphatic rings. The Morgan fingerprint density at radius 2 is 1.81 bits per heavy atom. The van der Waals surface area contributed by atoms with E-state index in [4.69, 9.17) is 9.47 Å². The predicted molar refractivity (Wildman–Crippen MR) is 103 cm³/mol. The normalized spacial score (nSPS) is 10.1. The van der Waals surface area contributed by atoms with Crippen LogP contribution in [0.5, 0.6) is 11.5 Å². The molecule has 0 radical (unpaired) electrons. The van der Waals surface area contributed by atoms with Gasteiger partial charge in [0.25, 0.3) is 5.91 Å². The lowest BCUT2D eigenvalue weighted by Crippen LogP contribution is -2.13. The van der Waals surface area contributed by atoms with Gasteiger partial charge in [-0.1, -0.05) is 0 Å². The van der Waals surface area contributed by atoms with Gasteiger partial charge in [0.1, 0.15) is 11.5 Å². The van der Waals surface area contributed by atoms with Crippen LogP contribution in [0.4, 0.5) is 11.4 Å². The summed E-state index contributed by atoms with van der Waals surface area (Å²) < 4.78 is 10.5. The fourth-order valence-corrected chi connectivity index (χ4v) is 2.46. The van der Waals surface area contributed by atoms with Crippen molar-refractivity contribution in [3.05, 3.63) is 72.3 Å². The van der Waals surface area contributed by atoms with Gasteiger partial charge in [-0.25, -0.2) is 0 Å². The summed E-state index contributed by atoms with van der Waals surface area (Å²) >= 11 is 0. The first-order valence-corrected chi connectivity index (χ1v) is 8.31. The lowest BCUT2D eigenvalue weighted by Gasteiger charge is -2.12. The topological polar surface area (TPSA) is 85.4 Å². The number of amides is 1. The van der Waals surface area contributed by atoms with Crippen molar-refractivity contribution in [1.29, 1.82) is 0 Å². The van der Waals surface area contributed by atoms with E-state index >= 15 is 0 Å². The Bertz CT molecular complexity index is 916. The Labute approximate surface area is 157 Å². The van der Waals surface area contributed by atoms with Crippen molar-refractivity contribution in [3.8, 4) is 11.5 Å². The average molecular weight is 364 g/mol. The summed E-state index contributed by atoms with van der Waals surface area (Å²) in [5.74, 6) is 0.884. The summed E-state index contributed by atoms with van der Waals surface area (Å²) in [6.45, 7) is 0.613. The van der Waals surface area contributed by atoms with E-state index in [2.05, 4.69) is 20.6 Å². The van der Waals surface area contributed by atoms with Crippen LogP contribution in [0.15, 0.2) is 61.2 Å². The molecule has 3 rings (SSSR count). The Hall–Kier alpha value is -3.61. The van der Waals surface area contributed by atoms with Gasteiger partial charge < -0.3 is 20.1 Å². The van der Waals surface area contributed by atoms with Crippen molar-refractivity contribution in [2.75, 3.05) is 24.9 Å². The molecule has 0 unspecified atom stereocenters. The fraction of sp³-hybridized carbons (Fsp3) is 0.150. The molecule has 0 atom stereocenters. The number of carbonyl (C=O) groups excluding carboxylic acids is 1. The van der Waals surface area contributed by atoms with Gasteiger partial charge in [0, 0.05) is 37.4 Å². The van der Waals surface area contributed by atoms with Crippen LogP contribution in [0.1, 0.15) is 15.9 Å². The second-order valence-corrected chi connectivity index (χ2v) is 5.69. The van der Waals surface area contributed by atoms with Crippen LogP contribution in [0, 0.1) is 0 Å². The molecule has 0 saturated heterocycles. The number of anilines is 2. The molecule has 1 aromatic carbocycles. The van der Waals surface area contributed by atoms with E-state index in [-0.39, 0.29) is 5.91 Å². The smallest absolute Gasteiger partial charge is 0.257 e. The summed E-state index contributed by atoms with van der Waals surface area (Å²) in [6, 6.07) is 10.8. The van der Waals surface area contributed by atoms with Crippen LogP contribution in [0.2, 0.25) is 0 Å². The van der Waals surface area contributed by atoms with Crippen molar-refractivity contribution >= 4 is 17.3 Å². The molecule has 27 heavy (non-hydrogen) atoms. The van der Waals surface area contributed by atoms with Gasteiger partial charge in [0.2, 0.25) is 0 Å². The third-order valence-corrected chi connectivity index (χ3v) is 3.90. The van der Waals surface area contributed by atoms with Crippen LogP contribution < -0.4 is 20.1 Å². The van der Waals surface area contributed by atoms with E-state index in [9.17, 15) is 4.79 Å². The van der Waals surface area contributed by atoms with Crippen molar-refractivity contribution < 1.29 is 14.3 Å². The maximum absolute atomic E-state index is 12.6. The number of nitrogens with zero attached hydrogens (tertiary/aromatic N) is 2. The highest BCUT2D eigenvalue weighted by molar-refractivity contribution is 6.05. The maximum atomic E-state index is 12.6. The van der Waals surface area contributed by atoms with Gasteiger partial charge in [-0.3, -0.25) is 14.8 Å². The standard InChI is InChI=1S/C20H20N4O3/c1-26-17-3-4-18(19(10-17)27-2)24-20(25)15-9-16(13-22-12-15)23-11-14-5-7-21-8-6-14/h3-10,12-13,23H,11H2,1-2H3,(H,24,25). The summed E-state index contributed by atoms with van der Waals surface area (Å²) in [5, 5.41) is 6.08. The lowest BCUT2D eigenvalue weighted by molar-refractivity contribution is 0.102. The van der Waals surface area contributed by atoms with Crippen molar-refractivity contribution in [2.45, 2.75) is 6.54 Å². The molecule has 7 heteroatoms.